The summed E-state index contributed by atoms with van der Waals surface area (Å²) in [7, 11) is 1.84. The maximum absolute atomic E-state index is 12.8. The molecule has 3 rings (SSSR count). The van der Waals surface area contributed by atoms with E-state index in [0.29, 0.717) is 12.8 Å². The first-order valence-corrected chi connectivity index (χ1v) is 9.08. The van der Waals surface area contributed by atoms with E-state index in [0.717, 1.165) is 28.3 Å². The smallest absolute Gasteiger partial charge is 0.227 e. The molecule has 0 unspecified atom stereocenters. The van der Waals surface area contributed by atoms with E-state index in [1.807, 2.05) is 62.8 Å². The number of carbonyl (C=O) groups is 1. The molecule has 0 aliphatic heterocycles. The predicted octanol–water partition coefficient (Wildman–Crippen LogP) is 2.91. The van der Waals surface area contributed by atoms with Crippen LogP contribution < -0.4 is 0 Å². The van der Waals surface area contributed by atoms with Gasteiger partial charge in [0.2, 0.25) is 5.91 Å². The second kappa shape index (κ2) is 8.12. The Morgan fingerprint density at radius 3 is 2.59 bits per heavy atom. The van der Waals surface area contributed by atoms with Crippen LogP contribution in [0.25, 0.3) is 5.69 Å². The molecule has 0 saturated carbocycles. The number of hydrogen-bond acceptors (Lipinski definition) is 4. The average molecular weight is 363 g/mol. The zero-order chi connectivity index (χ0) is 19.4. The lowest BCUT2D eigenvalue weighted by molar-refractivity contribution is -0.130. The Kier molecular flexibility index (Phi) is 5.64. The SMILES string of the molecule is Cc1nn(-c2ccccc2)c(C)c1CC(=O)N(C)[C@@H](C)Cc1cnccn1. The molecule has 6 nitrogen and oxygen atoms in total. The van der Waals surface area contributed by atoms with E-state index >= 15 is 0 Å². The summed E-state index contributed by atoms with van der Waals surface area (Å²) in [6.45, 7) is 6.00. The first-order valence-electron chi connectivity index (χ1n) is 9.08. The Bertz CT molecular complexity index is 905. The second-order valence-electron chi connectivity index (χ2n) is 6.83. The number of amides is 1. The Balaban J connectivity index is 1.73. The molecule has 0 aliphatic carbocycles. The van der Waals surface area contributed by atoms with Crippen LogP contribution in [0.3, 0.4) is 0 Å². The second-order valence-corrected chi connectivity index (χ2v) is 6.83. The fourth-order valence-electron chi connectivity index (χ4n) is 3.15. The van der Waals surface area contributed by atoms with Gasteiger partial charge in [0.05, 0.1) is 23.5 Å². The van der Waals surface area contributed by atoms with Crippen LogP contribution in [0.1, 0.15) is 29.6 Å². The van der Waals surface area contributed by atoms with Crippen molar-refractivity contribution in [3.8, 4) is 5.69 Å². The zero-order valence-electron chi connectivity index (χ0n) is 16.3. The van der Waals surface area contributed by atoms with Crippen LogP contribution in [-0.2, 0) is 17.6 Å². The van der Waals surface area contributed by atoms with Crippen molar-refractivity contribution in [2.45, 2.75) is 39.7 Å². The van der Waals surface area contributed by atoms with Crippen LogP contribution in [0.15, 0.2) is 48.9 Å². The van der Waals surface area contributed by atoms with E-state index in [-0.39, 0.29) is 11.9 Å². The number of nitrogens with zero attached hydrogens (tertiary/aromatic N) is 5. The Morgan fingerprint density at radius 2 is 1.93 bits per heavy atom. The minimum absolute atomic E-state index is 0.0407. The van der Waals surface area contributed by atoms with Crippen molar-refractivity contribution in [1.82, 2.24) is 24.6 Å². The third-order valence-corrected chi connectivity index (χ3v) is 4.95. The number of carbonyl (C=O) groups excluding carboxylic acids is 1. The summed E-state index contributed by atoms with van der Waals surface area (Å²) in [4.78, 5) is 23.0. The summed E-state index contributed by atoms with van der Waals surface area (Å²) in [5.74, 6) is 0.0743. The van der Waals surface area contributed by atoms with E-state index < -0.39 is 0 Å². The van der Waals surface area contributed by atoms with Gasteiger partial charge in [-0.25, -0.2) is 4.68 Å². The summed E-state index contributed by atoms with van der Waals surface area (Å²) in [5.41, 5.74) is 4.76. The number of aromatic nitrogens is 4. The highest BCUT2D eigenvalue weighted by Crippen LogP contribution is 2.19. The van der Waals surface area contributed by atoms with Gasteiger partial charge in [0.25, 0.3) is 0 Å². The molecule has 2 heterocycles. The van der Waals surface area contributed by atoms with Gasteiger partial charge in [-0.05, 0) is 32.9 Å². The molecule has 1 amide bonds. The molecule has 3 aromatic rings. The van der Waals surface area contributed by atoms with Gasteiger partial charge in [0.15, 0.2) is 0 Å². The van der Waals surface area contributed by atoms with E-state index in [4.69, 9.17) is 0 Å². The normalized spacial score (nSPS) is 12.0. The summed E-state index contributed by atoms with van der Waals surface area (Å²) in [6, 6.07) is 10.0. The Morgan fingerprint density at radius 1 is 1.19 bits per heavy atom. The number of likely N-dealkylation sites (N-methyl/N-ethyl adjacent to an activating group) is 1. The van der Waals surface area contributed by atoms with Crippen molar-refractivity contribution >= 4 is 5.91 Å². The lowest BCUT2D eigenvalue weighted by Gasteiger charge is -2.25. The van der Waals surface area contributed by atoms with E-state index in [9.17, 15) is 4.79 Å². The van der Waals surface area contributed by atoms with Gasteiger partial charge in [-0.2, -0.15) is 5.10 Å². The van der Waals surface area contributed by atoms with Crippen molar-refractivity contribution in [3.05, 3.63) is 71.6 Å². The van der Waals surface area contributed by atoms with Crippen molar-refractivity contribution in [2.75, 3.05) is 7.05 Å². The summed E-state index contributed by atoms with van der Waals surface area (Å²) >= 11 is 0. The standard InChI is InChI=1S/C21H25N5O/c1-15(12-18-14-22-10-11-23-18)25(4)21(27)13-20-16(2)24-26(17(20)3)19-8-6-5-7-9-19/h5-11,14-15H,12-13H2,1-4H3/t15-/m0/s1. The lowest BCUT2D eigenvalue weighted by Crippen LogP contribution is -2.37. The van der Waals surface area contributed by atoms with Crippen LogP contribution in [0.5, 0.6) is 0 Å². The van der Waals surface area contributed by atoms with E-state index in [1.165, 1.54) is 0 Å². The monoisotopic (exact) mass is 363 g/mol. The molecule has 0 saturated heterocycles. The molecule has 0 radical (unpaired) electrons. The molecule has 0 fully saturated rings. The fraction of sp³-hybridized carbons (Fsp3) is 0.333. The molecule has 0 N–H and O–H groups in total. The van der Waals surface area contributed by atoms with Crippen LogP contribution in [0.2, 0.25) is 0 Å². The summed E-state index contributed by atoms with van der Waals surface area (Å²) < 4.78 is 1.90. The Labute approximate surface area is 159 Å². The quantitative estimate of drug-likeness (QED) is 0.675. The lowest BCUT2D eigenvalue weighted by atomic mass is 10.1. The Hall–Kier alpha value is -3.02. The molecule has 1 aromatic carbocycles. The van der Waals surface area contributed by atoms with Crippen molar-refractivity contribution < 1.29 is 4.79 Å². The highest BCUT2D eigenvalue weighted by molar-refractivity contribution is 5.79. The number of benzene rings is 1. The van der Waals surface area contributed by atoms with E-state index in [1.54, 1.807) is 23.5 Å². The topological polar surface area (TPSA) is 63.9 Å². The van der Waals surface area contributed by atoms with Gasteiger partial charge in [0.1, 0.15) is 0 Å². The van der Waals surface area contributed by atoms with Gasteiger partial charge < -0.3 is 4.90 Å². The maximum atomic E-state index is 12.8. The third-order valence-electron chi connectivity index (χ3n) is 4.95. The van der Waals surface area contributed by atoms with Crippen LogP contribution in [0.4, 0.5) is 0 Å². The minimum Gasteiger partial charge on any atom is -0.342 e. The molecule has 140 valence electrons. The van der Waals surface area contributed by atoms with Crippen LogP contribution in [-0.4, -0.2) is 43.6 Å². The number of para-hydroxylation sites is 1. The molecular formula is C21H25N5O. The van der Waals surface area contributed by atoms with Crippen LogP contribution in [0, 0.1) is 13.8 Å². The molecule has 6 heteroatoms. The summed E-state index contributed by atoms with van der Waals surface area (Å²) in [5, 5.41) is 4.63. The molecule has 27 heavy (non-hydrogen) atoms. The van der Waals surface area contributed by atoms with Gasteiger partial charge >= 0.3 is 0 Å². The number of hydrogen-bond donors (Lipinski definition) is 0. The van der Waals surface area contributed by atoms with E-state index in [2.05, 4.69) is 15.1 Å². The zero-order valence-corrected chi connectivity index (χ0v) is 16.3. The number of rotatable bonds is 6. The van der Waals surface area contributed by atoms with Gasteiger partial charge in [-0.3, -0.25) is 14.8 Å². The van der Waals surface area contributed by atoms with Gasteiger partial charge in [-0.1, -0.05) is 18.2 Å². The fourth-order valence-corrected chi connectivity index (χ4v) is 3.15. The van der Waals surface area contributed by atoms with Gasteiger partial charge in [0, 0.05) is 49.4 Å². The van der Waals surface area contributed by atoms with Crippen molar-refractivity contribution in [1.29, 1.82) is 0 Å². The first kappa shape index (κ1) is 18.8. The minimum atomic E-state index is 0.0407. The average Bonchev–Trinajstić information content (AvgIpc) is 2.97. The highest BCUT2D eigenvalue weighted by Gasteiger charge is 2.21. The maximum Gasteiger partial charge on any atom is 0.227 e. The molecule has 0 spiro atoms. The third kappa shape index (κ3) is 4.22. The van der Waals surface area contributed by atoms with Crippen molar-refractivity contribution in [3.63, 3.8) is 0 Å². The molecule has 0 aliphatic rings. The molecule has 0 bridgehead atoms. The highest BCUT2D eigenvalue weighted by atomic mass is 16.2. The van der Waals surface area contributed by atoms with Gasteiger partial charge in [-0.15, -0.1) is 0 Å². The first-order chi connectivity index (χ1) is 13.0. The molecule has 1 atom stereocenters. The molecular weight excluding hydrogens is 338 g/mol. The number of aryl methyl sites for hydroxylation is 1. The summed E-state index contributed by atoms with van der Waals surface area (Å²) in [6.07, 6.45) is 6.09. The molecule has 2 aromatic heterocycles. The largest absolute Gasteiger partial charge is 0.342 e. The van der Waals surface area contributed by atoms with Crippen molar-refractivity contribution in [2.24, 2.45) is 0 Å². The predicted molar refractivity (Wildman–Crippen MR) is 105 cm³/mol. The van der Waals surface area contributed by atoms with Crippen LogP contribution >= 0.6 is 0 Å².